The minimum absolute atomic E-state index is 0.0654. The van der Waals surface area contributed by atoms with Gasteiger partial charge in [0.25, 0.3) is 0 Å². The number of carbonyl (C=O) groups is 1. The first-order chi connectivity index (χ1) is 7.11. The molecule has 1 aliphatic heterocycles. The Morgan fingerprint density at radius 2 is 2.07 bits per heavy atom. The molecule has 1 aliphatic rings. The van der Waals surface area contributed by atoms with Gasteiger partial charge in [0.1, 0.15) is 6.61 Å². The van der Waals surface area contributed by atoms with Crippen LogP contribution in [-0.4, -0.2) is 49.8 Å². The summed E-state index contributed by atoms with van der Waals surface area (Å²) in [5, 5.41) is 0. The van der Waals surface area contributed by atoms with Crippen LogP contribution in [0.15, 0.2) is 0 Å². The number of amides is 1. The molecule has 0 spiro atoms. The molecule has 0 atom stereocenters. The Hall–Kier alpha value is -0.610. The quantitative estimate of drug-likeness (QED) is 0.703. The summed E-state index contributed by atoms with van der Waals surface area (Å²) in [7, 11) is 1.85. The molecule has 0 aromatic heterocycles. The molecule has 1 rings (SSSR count). The van der Waals surface area contributed by atoms with Gasteiger partial charge in [-0.15, -0.1) is 0 Å². The van der Waals surface area contributed by atoms with Crippen molar-refractivity contribution in [3.8, 4) is 0 Å². The first-order valence-electron chi connectivity index (χ1n) is 5.56. The van der Waals surface area contributed by atoms with Gasteiger partial charge < -0.3 is 14.4 Å². The fraction of sp³-hybridized carbons (Fsp3) is 0.909. The van der Waals surface area contributed by atoms with Crippen LogP contribution in [0.25, 0.3) is 0 Å². The summed E-state index contributed by atoms with van der Waals surface area (Å²) in [5.41, 5.74) is 0. The Labute approximate surface area is 91.5 Å². The molecule has 1 saturated heterocycles. The van der Waals surface area contributed by atoms with Crippen molar-refractivity contribution in [3.05, 3.63) is 0 Å². The van der Waals surface area contributed by atoms with E-state index in [4.69, 9.17) is 9.47 Å². The largest absolute Gasteiger partial charge is 0.381 e. The average Bonchev–Trinajstić information content (AvgIpc) is 2.26. The molecule has 1 fully saturated rings. The average molecular weight is 215 g/mol. The van der Waals surface area contributed by atoms with Crippen molar-refractivity contribution in [1.29, 1.82) is 0 Å². The Balaban J connectivity index is 2.30. The van der Waals surface area contributed by atoms with Crippen LogP contribution in [0.5, 0.6) is 0 Å². The van der Waals surface area contributed by atoms with E-state index in [-0.39, 0.29) is 18.6 Å². The fourth-order valence-electron chi connectivity index (χ4n) is 1.62. The molecule has 0 aromatic carbocycles. The summed E-state index contributed by atoms with van der Waals surface area (Å²) in [6.07, 6.45) is 1.98. The van der Waals surface area contributed by atoms with Crippen LogP contribution in [0.3, 0.4) is 0 Å². The van der Waals surface area contributed by atoms with Gasteiger partial charge >= 0.3 is 0 Å². The molecule has 4 nitrogen and oxygen atoms in total. The second kappa shape index (κ2) is 6.08. The molecule has 1 heterocycles. The van der Waals surface area contributed by atoms with Gasteiger partial charge in [-0.1, -0.05) is 0 Å². The molecule has 0 radical (unpaired) electrons. The number of rotatable bonds is 4. The van der Waals surface area contributed by atoms with Crippen LogP contribution in [0.2, 0.25) is 0 Å². The standard InChI is InChI=1S/C11H21NO3/c1-9(2)15-8-11(13)12(3)10-4-6-14-7-5-10/h9-10H,4-8H2,1-3H3. The maximum absolute atomic E-state index is 11.7. The van der Waals surface area contributed by atoms with E-state index in [1.165, 1.54) is 0 Å². The lowest BCUT2D eigenvalue weighted by Gasteiger charge is -2.31. The van der Waals surface area contributed by atoms with Gasteiger partial charge in [0.15, 0.2) is 0 Å². The van der Waals surface area contributed by atoms with Crippen molar-refractivity contribution in [2.45, 2.75) is 38.8 Å². The number of nitrogens with zero attached hydrogens (tertiary/aromatic N) is 1. The van der Waals surface area contributed by atoms with E-state index < -0.39 is 0 Å². The summed E-state index contributed by atoms with van der Waals surface area (Å²) in [4.78, 5) is 13.5. The molecule has 0 bridgehead atoms. The zero-order valence-corrected chi connectivity index (χ0v) is 9.86. The third-order valence-corrected chi connectivity index (χ3v) is 2.67. The van der Waals surface area contributed by atoms with Gasteiger partial charge in [-0.3, -0.25) is 4.79 Å². The molecule has 0 aliphatic carbocycles. The lowest BCUT2D eigenvalue weighted by Crippen LogP contribution is -2.42. The third kappa shape index (κ3) is 4.18. The van der Waals surface area contributed by atoms with Gasteiger partial charge in [-0.05, 0) is 26.7 Å². The highest BCUT2D eigenvalue weighted by atomic mass is 16.5. The van der Waals surface area contributed by atoms with E-state index in [2.05, 4.69) is 0 Å². The second-order valence-electron chi connectivity index (χ2n) is 4.21. The van der Waals surface area contributed by atoms with Gasteiger partial charge in [-0.25, -0.2) is 0 Å². The number of carbonyl (C=O) groups excluding carboxylic acids is 1. The van der Waals surface area contributed by atoms with Crippen molar-refractivity contribution in [2.75, 3.05) is 26.9 Å². The van der Waals surface area contributed by atoms with Crippen LogP contribution >= 0.6 is 0 Å². The van der Waals surface area contributed by atoms with Crippen molar-refractivity contribution < 1.29 is 14.3 Å². The highest BCUT2D eigenvalue weighted by molar-refractivity contribution is 5.77. The predicted octanol–water partition coefficient (Wildman–Crippen LogP) is 1.05. The topological polar surface area (TPSA) is 38.8 Å². The molecular weight excluding hydrogens is 194 g/mol. The fourth-order valence-corrected chi connectivity index (χ4v) is 1.62. The number of ether oxygens (including phenoxy) is 2. The predicted molar refractivity (Wildman–Crippen MR) is 57.7 cm³/mol. The molecule has 0 saturated carbocycles. The Kier molecular flexibility index (Phi) is 5.05. The highest BCUT2D eigenvalue weighted by Gasteiger charge is 2.22. The lowest BCUT2D eigenvalue weighted by molar-refractivity contribution is -0.140. The van der Waals surface area contributed by atoms with Crippen molar-refractivity contribution in [2.24, 2.45) is 0 Å². The van der Waals surface area contributed by atoms with E-state index in [1.54, 1.807) is 4.90 Å². The molecule has 0 aromatic rings. The molecule has 0 N–H and O–H groups in total. The van der Waals surface area contributed by atoms with Crippen LogP contribution in [0, 0.1) is 0 Å². The summed E-state index contributed by atoms with van der Waals surface area (Å²) in [6, 6.07) is 0.321. The minimum atomic E-state index is 0.0654. The third-order valence-electron chi connectivity index (χ3n) is 2.67. The number of hydrogen-bond acceptors (Lipinski definition) is 3. The first-order valence-corrected chi connectivity index (χ1v) is 5.56. The van der Waals surface area contributed by atoms with Gasteiger partial charge in [0, 0.05) is 26.3 Å². The van der Waals surface area contributed by atoms with Gasteiger partial charge in [-0.2, -0.15) is 0 Å². The van der Waals surface area contributed by atoms with Crippen LogP contribution in [0.4, 0.5) is 0 Å². The molecule has 15 heavy (non-hydrogen) atoms. The van der Waals surface area contributed by atoms with Crippen molar-refractivity contribution in [3.63, 3.8) is 0 Å². The van der Waals surface area contributed by atoms with Crippen LogP contribution in [-0.2, 0) is 14.3 Å². The summed E-state index contributed by atoms with van der Waals surface area (Å²) < 4.78 is 10.6. The molecule has 88 valence electrons. The number of hydrogen-bond donors (Lipinski definition) is 0. The van der Waals surface area contributed by atoms with E-state index in [0.717, 1.165) is 26.1 Å². The van der Waals surface area contributed by atoms with E-state index in [0.29, 0.717) is 6.04 Å². The summed E-state index contributed by atoms with van der Waals surface area (Å²) >= 11 is 0. The summed E-state index contributed by atoms with van der Waals surface area (Å²) in [5.74, 6) is 0.0654. The van der Waals surface area contributed by atoms with E-state index >= 15 is 0 Å². The minimum Gasteiger partial charge on any atom is -0.381 e. The monoisotopic (exact) mass is 215 g/mol. The Morgan fingerprint density at radius 3 is 2.60 bits per heavy atom. The van der Waals surface area contributed by atoms with E-state index in [1.807, 2.05) is 20.9 Å². The van der Waals surface area contributed by atoms with Gasteiger partial charge in [0.2, 0.25) is 5.91 Å². The maximum Gasteiger partial charge on any atom is 0.248 e. The van der Waals surface area contributed by atoms with Crippen LogP contribution < -0.4 is 0 Å². The summed E-state index contributed by atoms with van der Waals surface area (Å²) in [6.45, 7) is 5.57. The smallest absolute Gasteiger partial charge is 0.248 e. The molecule has 4 heteroatoms. The zero-order valence-electron chi connectivity index (χ0n) is 9.86. The van der Waals surface area contributed by atoms with Crippen molar-refractivity contribution in [1.82, 2.24) is 4.90 Å². The Morgan fingerprint density at radius 1 is 1.47 bits per heavy atom. The van der Waals surface area contributed by atoms with Crippen molar-refractivity contribution >= 4 is 5.91 Å². The second-order valence-corrected chi connectivity index (χ2v) is 4.21. The lowest BCUT2D eigenvalue weighted by atomic mass is 10.1. The highest BCUT2D eigenvalue weighted by Crippen LogP contribution is 2.12. The zero-order chi connectivity index (χ0) is 11.3. The molecular formula is C11H21NO3. The number of likely N-dealkylation sites (N-methyl/N-ethyl adjacent to an activating group) is 1. The Bertz CT molecular complexity index is 200. The normalized spacial score (nSPS) is 18.1. The van der Waals surface area contributed by atoms with Crippen LogP contribution in [0.1, 0.15) is 26.7 Å². The van der Waals surface area contributed by atoms with Gasteiger partial charge in [0.05, 0.1) is 6.10 Å². The van der Waals surface area contributed by atoms with E-state index in [9.17, 15) is 4.79 Å². The SMILES string of the molecule is CC(C)OCC(=O)N(C)C1CCOCC1. The maximum atomic E-state index is 11.7. The first kappa shape index (κ1) is 12.5. The molecule has 0 unspecified atom stereocenters. The molecule has 1 amide bonds.